The normalized spacial score (nSPS) is 21.4. The fraction of sp³-hybridized carbons (Fsp3) is 0.667. The Hall–Kier alpha value is -2.00. The van der Waals surface area contributed by atoms with E-state index in [0.717, 1.165) is 19.0 Å². The molecule has 0 aliphatic heterocycles. The highest BCUT2D eigenvalue weighted by molar-refractivity contribution is 6.28. The van der Waals surface area contributed by atoms with Crippen LogP contribution in [-0.2, 0) is 14.3 Å². The van der Waals surface area contributed by atoms with E-state index >= 15 is 0 Å². The van der Waals surface area contributed by atoms with Gasteiger partial charge in [0.25, 0.3) is 0 Å². The van der Waals surface area contributed by atoms with E-state index in [1.54, 1.807) is 18.9 Å². The summed E-state index contributed by atoms with van der Waals surface area (Å²) >= 11 is 5.86. The van der Waals surface area contributed by atoms with Crippen LogP contribution < -0.4 is 4.90 Å². The summed E-state index contributed by atoms with van der Waals surface area (Å²) in [7, 11) is 2.94. The lowest BCUT2D eigenvalue weighted by Gasteiger charge is -2.39. The molecule has 25 heavy (non-hydrogen) atoms. The van der Waals surface area contributed by atoms with Crippen molar-refractivity contribution >= 4 is 29.1 Å². The van der Waals surface area contributed by atoms with Gasteiger partial charge in [-0.2, -0.15) is 4.98 Å². The second-order valence-electron chi connectivity index (χ2n) is 5.88. The molecule has 0 unspecified atom stereocenters. The van der Waals surface area contributed by atoms with Gasteiger partial charge in [0.15, 0.2) is 0 Å². The first-order valence-corrected chi connectivity index (χ1v) is 8.32. The average Bonchev–Trinajstić information content (AvgIpc) is 2.61. The topological polar surface area (TPSA) is 108 Å². The maximum atomic E-state index is 12.1. The molecular formula is C15H21ClN4O5. The molecular weight excluding hydrogens is 352 g/mol. The number of nitro groups is 1. The Labute approximate surface area is 150 Å². The molecule has 0 radical (unpaired) electrons. The Morgan fingerprint density at radius 3 is 2.56 bits per heavy atom. The third-order valence-electron chi connectivity index (χ3n) is 4.49. The lowest BCUT2D eigenvalue weighted by Crippen LogP contribution is -2.49. The summed E-state index contributed by atoms with van der Waals surface area (Å²) in [6.45, 7) is 1.63. The van der Waals surface area contributed by atoms with Crippen LogP contribution in [0.2, 0.25) is 5.28 Å². The van der Waals surface area contributed by atoms with Crippen molar-refractivity contribution in [2.45, 2.75) is 50.8 Å². The molecule has 10 heteroatoms. The van der Waals surface area contributed by atoms with E-state index in [9.17, 15) is 14.9 Å². The molecule has 1 heterocycles. The van der Waals surface area contributed by atoms with E-state index in [0.29, 0.717) is 12.8 Å². The smallest absolute Gasteiger partial charge is 0.329 e. The van der Waals surface area contributed by atoms with Gasteiger partial charge in [0.1, 0.15) is 12.2 Å². The minimum atomic E-state index is -0.751. The molecule has 1 saturated carbocycles. The van der Waals surface area contributed by atoms with Gasteiger partial charge in [0.2, 0.25) is 11.1 Å². The summed E-state index contributed by atoms with van der Waals surface area (Å²) < 4.78 is 10.2. The highest BCUT2D eigenvalue weighted by atomic mass is 35.5. The van der Waals surface area contributed by atoms with E-state index in [1.807, 2.05) is 0 Å². The molecule has 138 valence electrons. The first-order chi connectivity index (χ1) is 11.9. The molecule has 1 atom stereocenters. The fourth-order valence-corrected chi connectivity index (χ4v) is 3.31. The molecule has 9 nitrogen and oxygen atoms in total. The molecule has 0 aromatic carbocycles. The Balaban J connectivity index is 2.44. The van der Waals surface area contributed by atoms with E-state index in [1.165, 1.54) is 7.11 Å². The Bertz CT molecular complexity index is 636. The second-order valence-corrected chi connectivity index (χ2v) is 6.22. The van der Waals surface area contributed by atoms with Crippen LogP contribution in [0.25, 0.3) is 0 Å². The van der Waals surface area contributed by atoms with Crippen molar-refractivity contribution in [1.29, 1.82) is 0 Å². The summed E-state index contributed by atoms with van der Waals surface area (Å²) in [4.78, 5) is 32.3. The van der Waals surface area contributed by atoms with Gasteiger partial charge in [0, 0.05) is 13.2 Å². The molecule has 2 rings (SSSR count). The number of hydrogen-bond acceptors (Lipinski definition) is 8. The van der Waals surface area contributed by atoms with Crippen molar-refractivity contribution in [3.63, 3.8) is 0 Å². The molecule has 1 aromatic heterocycles. The number of carbonyl (C=O) groups is 1. The van der Waals surface area contributed by atoms with Gasteiger partial charge >= 0.3 is 11.7 Å². The third-order valence-corrected chi connectivity index (χ3v) is 4.67. The summed E-state index contributed by atoms with van der Waals surface area (Å²) in [5.74, 6) is -0.471. The Kier molecular flexibility index (Phi) is 6.49. The molecule has 1 aromatic rings. The largest absolute Gasteiger partial charge is 0.467 e. The van der Waals surface area contributed by atoms with Crippen LogP contribution in [0.1, 0.15) is 32.6 Å². The predicted molar refractivity (Wildman–Crippen MR) is 90.7 cm³/mol. The fourth-order valence-electron chi connectivity index (χ4n) is 3.18. The lowest BCUT2D eigenvalue weighted by atomic mass is 9.91. The first kappa shape index (κ1) is 19.3. The van der Waals surface area contributed by atoms with Crippen LogP contribution in [0.4, 0.5) is 11.5 Å². The highest BCUT2D eigenvalue weighted by Gasteiger charge is 2.37. The van der Waals surface area contributed by atoms with Crippen LogP contribution >= 0.6 is 11.6 Å². The molecule has 0 amide bonds. The average molecular weight is 373 g/mol. The van der Waals surface area contributed by atoms with Gasteiger partial charge in [-0.15, -0.1) is 0 Å². The van der Waals surface area contributed by atoms with Gasteiger partial charge in [-0.1, -0.05) is 0 Å². The molecule has 1 aliphatic carbocycles. The number of nitrogens with zero attached hydrogens (tertiary/aromatic N) is 4. The summed E-state index contributed by atoms with van der Waals surface area (Å²) in [5, 5.41) is 11.3. The number of methoxy groups -OCH3 is 2. The van der Waals surface area contributed by atoms with E-state index in [4.69, 9.17) is 21.1 Å². The van der Waals surface area contributed by atoms with Crippen molar-refractivity contribution in [3.8, 4) is 0 Å². The summed E-state index contributed by atoms with van der Waals surface area (Å²) in [6.07, 6.45) is 4.20. The summed E-state index contributed by atoms with van der Waals surface area (Å²) in [5.41, 5.74) is -0.297. The number of ether oxygens (including phenoxy) is 2. The number of anilines is 1. The van der Waals surface area contributed by atoms with Gasteiger partial charge in [0.05, 0.1) is 18.1 Å². The molecule has 0 spiro atoms. The lowest BCUT2D eigenvalue weighted by molar-refractivity contribution is -0.384. The van der Waals surface area contributed by atoms with Gasteiger partial charge in [-0.25, -0.2) is 9.78 Å². The van der Waals surface area contributed by atoms with Crippen LogP contribution in [-0.4, -0.2) is 53.3 Å². The highest BCUT2D eigenvalue weighted by Crippen LogP contribution is 2.34. The van der Waals surface area contributed by atoms with Crippen molar-refractivity contribution in [1.82, 2.24) is 9.97 Å². The van der Waals surface area contributed by atoms with Gasteiger partial charge in [-0.3, -0.25) is 10.1 Å². The van der Waals surface area contributed by atoms with Crippen molar-refractivity contribution in [2.75, 3.05) is 19.1 Å². The maximum Gasteiger partial charge on any atom is 0.329 e. The zero-order valence-corrected chi connectivity index (χ0v) is 15.1. The van der Waals surface area contributed by atoms with Crippen LogP contribution in [0.15, 0.2) is 6.20 Å². The zero-order chi connectivity index (χ0) is 18.6. The minimum absolute atomic E-state index is 0.0313. The number of aromatic nitrogens is 2. The van der Waals surface area contributed by atoms with E-state index in [2.05, 4.69) is 9.97 Å². The standard InChI is InChI=1S/C15H21ClN4O5/c1-9(14(21)25-3)19(10-4-6-11(24-2)7-5-10)13-12(20(22)23)8-17-15(16)18-13/h8-11H,4-7H2,1-3H3/t9-,10?,11?/m1/s1. The van der Waals surface area contributed by atoms with Crippen molar-refractivity contribution in [3.05, 3.63) is 21.6 Å². The maximum absolute atomic E-state index is 12.1. The monoisotopic (exact) mass is 372 g/mol. The molecule has 0 N–H and O–H groups in total. The number of carbonyl (C=O) groups excluding carboxylic acids is 1. The zero-order valence-electron chi connectivity index (χ0n) is 14.3. The predicted octanol–water partition coefficient (Wildman–Crippen LogP) is 2.36. The minimum Gasteiger partial charge on any atom is -0.467 e. The van der Waals surface area contributed by atoms with Gasteiger partial charge in [-0.05, 0) is 44.2 Å². The quantitative estimate of drug-likeness (QED) is 0.324. The van der Waals surface area contributed by atoms with Crippen molar-refractivity contribution in [2.24, 2.45) is 0 Å². The van der Waals surface area contributed by atoms with Crippen molar-refractivity contribution < 1.29 is 19.2 Å². The number of esters is 1. The number of hydrogen-bond donors (Lipinski definition) is 0. The molecule has 0 saturated heterocycles. The second kappa shape index (κ2) is 8.39. The number of rotatable bonds is 6. The Morgan fingerprint density at radius 2 is 2.04 bits per heavy atom. The van der Waals surface area contributed by atoms with E-state index < -0.39 is 16.9 Å². The van der Waals surface area contributed by atoms with E-state index in [-0.39, 0.29) is 28.9 Å². The third kappa shape index (κ3) is 4.35. The van der Waals surface area contributed by atoms with Gasteiger partial charge < -0.3 is 14.4 Å². The number of halogens is 1. The SMILES string of the molecule is COC(=O)[C@@H](C)N(c1nc(Cl)ncc1[N+](=O)[O-])C1CCC(OC)CC1. The van der Waals surface area contributed by atoms with Crippen LogP contribution in [0.5, 0.6) is 0 Å². The molecule has 1 aliphatic rings. The summed E-state index contributed by atoms with van der Waals surface area (Å²) in [6, 6.07) is -0.871. The van der Waals surface area contributed by atoms with Crippen LogP contribution in [0.3, 0.4) is 0 Å². The Morgan fingerprint density at radius 1 is 1.40 bits per heavy atom. The van der Waals surface area contributed by atoms with Crippen LogP contribution in [0, 0.1) is 10.1 Å². The molecule has 0 bridgehead atoms. The first-order valence-electron chi connectivity index (χ1n) is 7.94. The molecule has 1 fully saturated rings.